The lowest BCUT2D eigenvalue weighted by atomic mass is 10.0. The summed E-state index contributed by atoms with van der Waals surface area (Å²) in [5, 5.41) is 65.0. The molecule has 264 valence electrons. The van der Waals surface area contributed by atoms with Gasteiger partial charge in [0.2, 0.25) is 17.7 Å². The third kappa shape index (κ3) is 9.85. The molecule has 3 rings (SSSR count). The van der Waals surface area contributed by atoms with Gasteiger partial charge in [-0.25, -0.2) is 0 Å². The topological polar surface area (TPSA) is 254 Å². The number of ketones is 1. The van der Waals surface area contributed by atoms with E-state index >= 15 is 0 Å². The Hall–Kier alpha value is -2.32. The lowest BCUT2D eigenvalue weighted by Crippen LogP contribution is -2.57. The highest BCUT2D eigenvalue weighted by molar-refractivity contribution is 5.94. The van der Waals surface area contributed by atoms with Crippen molar-refractivity contribution in [1.29, 1.82) is 0 Å². The monoisotopic (exact) mass is 663 g/mol. The number of amides is 3. The van der Waals surface area contributed by atoms with Gasteiger partial charge in [0.15, 0.2) is 12.6 Å². The van der Waals surface area contributed by atoms with Crippen LogP contribution < -0.4 is 10.6 Å². The van der Waals surface area contributed by atoms with Crippen LogP contribution in [0.15, 0.2) is 0 Å². The molecule has 3 aliphatic heterocycles. The average molecular weight is 664 g/mol. The number of ether oxygens (including phenoxy) is 4. The van der Waals surface area contributed by atoms with Crippen molar-refractivity contribution < 1.29 is 68.8 Å². The molecular weight excluding hydrogens is 614 g/mol. The number of aliphatic hydroxyl groups excluding tert-OH is 6. The summed E-state index contributed by atoms with van der Waals surface area (Å²) in [7, 11) is 0. The molecule has 46 heavy (non-hydrogen) atoms. The molecule has 0 aromatic heterocycles. The molecule has 0 aliphatic carbocycles. The lowest BCUT2D eigenvalue weighted by molar-refractivity contribution is -0.292. The van der Waals surface area contributed by atoms with E-state index in [1.54, 1.807) is 0 Å². The summed E-state index contributed by atoms with van der Waals surface area (Å²) in [4.78, 5) is 52.2. The summed E-state index contributed by atoms with van der Waals surface area (Å²) < 4.78 is 21.6. The van der Waals surface area contributed by atoms with Crippen LogP contribution >= 0.6 is 0 Å². The second-order valence-corrected chi connectivity index (χ2v) is 12.0. The van der Waals surface area contributed by atoms with Gasteiger partial charge in [-0.15, -0.1) is 0 Å². The zero-order chi connectivity index (χ0) is 34.1. The van der Waals surface area contributed by atoms with E-state index in [9.17, 15) is 49.8 Å². The zero-order valence-corrected chi connectivity index (χ0v) is 26.4. The molecule has 3 amide bonds. The Morgan fingerprint density at radius 2 is 1.09 bits per heavy atom. The molecular formula is C29H49N3O14. The van der Waals surface area contributed by atoms with Gasteiger partial charge in [0, 0.05) is 25.9 Å². The second kappa shape index (κ2) is 17.7. The minimum absolute atomic E-state index is 0.00912. The maximum Gasteiger partial charge on any atom is 0.242 e. The summed E-state index contributed by atoms with van der Waals surface area (Å²) in [5.41, 5.74) is 0. The van der Waals surface area contributed by atoms with Crippen LogP contribution in [0.4, 0.5) is 0 Å². The van der Waals surface area contributed by atoms with Crippen molar-refractivity contribution in [3.8, 4) is 0 Å². The Morgan fingerprint density at radius 1 is 0.674 bits per heavy atom. The summed E-state index contributed by atoms with van der Waals surface area (Å²) in [6.45, 7) is 4.16. The maximum absolute atomic E-state index is 13.3. The fraction of sp³-hybridized carbons (Fsp3) is 0.862. The summed E-state index contributed by atoms with van der Waals surface area (Å²) in [6.07, 6.45) is -10.9. The number of unbranched alkanes of at least 4 members (excludes halogenated alkanes) is 1. The number of carbonyl (C=O) groups excluding carboxylic acids is 4. The molecule has 0 saturated carbocycles. The highest BCUT2D eigenvalue weighted by Crippen LogP contribution is 2.27. The van der Waals surface area contributed by atoms with E-state index < -0.39 is 91.2 Å². The van der Waals surface area contributed by atoms with E-state index in [1.165, 1.54) is 25.7 Å². The first-order valence-corrected chi connectivity index (χ1v) is 15.7. The first kappa shape index (κ1) is 38.1. The van der Waals surface area contributed by atoms with Crippen molar-refractivity contribution in [2.24, 2.45) is 0 Å². The molecule has 3 fully saturated rings. The minimum Gasteiger partial charge on any atom is -0.388 e. The highest BCUT2D eigenvalue weighted by atomic mass is 16.7. The Labute approximate surface area is 267 Å². The number of likely N-dealkylation sites (tertiary alicyclic amines) is 1. The van der Waals surface area contributed by atoms with Gasteiger partial charge in [0.25, 0.3) is 0 Å². The Kier molecular flexibility index (Phi) is 14.7. The lowest BCUT2D eigenvalue weighted by Gasteiger charge is -2.39. The molecule has 2 unspecified atom stereocenters. The van der Waals surface area contributed by atoms with Gasteiger partial charge < -0.3 is 69.9 Å². The Morgan fingerprint density at radius 3 is 1.50 bits per heavy atom. The number of aliphatic hydroxyl groups is 6. The molecule has 0 aromatic carbocycles. The van der Waals surface area contributed by atoms with Gasteiger partial charge in [0.1, 0.15) is 54.5 Å². The van der Waals surface area contributed by atoms with Crippen LogP contribution in [-0.4, -0.2) is 159 Å². The molecule has 0 bridgehead atoms. The molecule has 3 saturated heterocycles. The Balaban J connectivity index is 1.53. The molecule has 0 spiro atoms. The van der Waals surface area contributed by atoms with Crippen LogP contribution in [0, 0.1) is 0 Å². The normalized spacial score (nSPS) is 36.3. The smallest absolute Gasteiger partial charge is 0.242 e. The number of nitrogens with zero attached hydrogens (tertiary/aromatic N) is 1. The number of nitrogens with one attached hydrogen (secondary N) is 2. The van der Waals surface area contributed by atoms with Crippen molar-refractivity contribution in [2.45, 2.75) is 133 Å². The van der Waals surface area contributed by atoms with Crippen LogP contribution in [0.1, 0.15) is 59.3 Å². The van der Waals surface area contributed by atoms with Gasteiger partial charge in [-0.1, -0.05) is 0 Å². The van der Waals surface area contributed by atoms with E-state index in [1.807, 2.05) is 0 Å². The summed E-state index contributed by atoms with van der Waals surface area (Å²) in [6, 6.07) is -1.91. The largest absolute Gasteiger partial charge is 0.388 e. The number of rotatable bonds is 15. The number of Topliss-reactive ketones (excluding diaryl/α,β-unsaturated/α-hetero) is 1. The van der Waals surface area contributed by atoms with Gasteiger partial charge in [0.05, 0.1) is 25.4 Å². The highest BCUT2D eigenvalue weighted by Gasteiger charge is 2.45. The molecule has 3 aliphatic rings. The molecule has 8 N–H and O–H groups in total. The molecule has 17 nitrogen and oxygen atoms in total. The van der Waals surface area contributed by atoms with Crippen molar-refractivity contribution >= 4 is 23.5 Å². The molecule has 0 aromatic rings. The van der Waals surface area contributed by atoms with Gasteiger partial charge in [-0.2, -0.15) is 0 Å². The standard InChI is InChI=1S/C29H49N3O14/c1-14(33)6-4-5-7-19(34)32-17(26(41)30-10-12-43-28-24(39)22(37)20(35)15(2)45-28)8-9-18(32)27(42)31-11-13-44-29-25(40)23(38)21(36)16(3)46-29/h15-18,20-25,28-29,35-40H,4-13H2,1-3H3,(H,30,41)(H,31,42)/t15-,16-,17?,18?,20+,21+,22+,23+,24-,25-,28+,29+/m0/s1. The van der Waals surface area contributed by atoms with Crippen LogP contribution in [-0.2, 0) is 38.1 Å². The van der Waals surface area contributed by atoms with Crippen LogP contribution in [0.3, 0.4) is 0 Å². The minimum atomic E-state index is -1.50. The van der Waals surface area contributed by atoms with Gasteiger partial charge >= 0.3 is 0 Å². The Bertz CT molecular complexity index is 973. The third-order valence-electron chi connectivity index (χ3n) is 8.43. The van der Waals surface area contributed by atoms with Gasteiger partial charge in [-0.3, -0.25) is 14.4 Å². The predicted octanol–water partition coefficient (Wildman–Crippen LogP) is -3.58. The predicted molar refractivity (Wildman–Crippen MR) is 155 cm³/mol. The van der Waals surface area contributed by atoms with E-state index in [4.69, 9.17) is 18.9 Å². The number of hydrogen-bond acceptors (Lipinski definition) is 14. The average Bonchev–Trinajstić information content (AvgIpc) is 3.47. The number of carbonyl (C=O) groups is 4. The van der Waals surface area contributed by atoms with E-state index in [-0.39, 0.29) is 51.3 Å². The summed E-state index contributed by atoms with van der Waals surface area (Å²) >= 11 is 0. The molecule has 12 atom stereocenters. The van der Waals surface area contributed by atoms with E-state index in [0.717, 1.165) is 0 Å². The molecule has 3 heterocycles. The van der Waals surface area contributed by atoms with Crippen LogP contribution in [0.2, 0.25) is 0 Å². The maximum atomic E-state index is 13.3. The van der Waals surface area contributed by atoms with E-state index in [0.29, 0.717) is 19.3 Å². The third-order valence-corrected chi connectivity index (χ3v) is 8.43. The first-order chi connectivity index (χ1) is 21.7. The van der Waals surface area contributed by atoms with Crippen LogP contribution in [0.25, 0.3) is 0 Å². The molecule has 17 heteroatoms. The summed E-state index contributed by atoms with van der Waals surface area (Å²) in [5.74, 6) is -1.47. The van der Waals surface area contributed by atoms with Crippen molar-refractivity contribution in [3.63, 3.8) is 0 Å². The SMILES string of the molecule is CC(=O)CCCCC(=O)N1C(C(=O)NCCO[C@@H]2O[C@@H](C)[C@@H](O)[C@@H](O)[C@@H]2O)CCC1C(=O)NCCO[C@@H]1O[C@@H](C)[C@@H](O)[C@@H](O)[C@@H]1O. The fourth-order valence-electron chi connectivity index (χ4n) is 5.69. The quantitative estimate of drug-likeness (QED) is 0.0789. The zero-order valence-electron chi connectivity index (χ0n) is 26.4. The second-order valence-electron chi connectivity index (χ2n) is 12.0. The fourth-order valence-corrected chi connectivity index (χ4v) is 5.69. The van der Waals surface area contributed by atoms with Crippen molar-refractivity contribution in [1.82, 2.24) is 15.5 Å². The van der Waals surface area contributed by atoms with Crippen molar-refractivity contribution in [2.75, 3.05) is 26.3 Å². The number of hydrogen-bond donors (Lipinski definition) is 8. The van der Waals surface area contributed by atoms with Gasteiger partial charge in [-0.05, 0) is 46.5 Å². The van der Waals surface area contributed by atoms with E-state index in [2.05, 4.69) is 10.6 Å². The van der Waals surface area contributed by atoms with Crippen molar-refractivity contribution in [3.05, 3.63) is 0 Å². The molecule has 0 radical (unpaired) electrons. The first-order valence-electron chi connectivity index (χ1n) is 15.7. The van der Waals surface area contributed by atoms with Crippen LogP contribution in [0.5, 0.6) is 0 Å².